The topological polar surface area (TPSA) is 30.7 Å². The van der Waals surface area contributed by atoms with Crippen LogP contribution in [0.4, 0.5) is 0 Å². The number of hydrogen-bond donors (Lipinski definition) is 0. The summed E-state index contributed by atoms with van der Waals surface area (Å²) < 4.78 is 44.9. The normalized spacial score (nSPS) is 15.0. The summed E-state index contributed by atoms with van der Waals surface area (Å²) in [5.74, 6) is 0.352. The average molecular weight is 615 g/mol. The molecular formula is C45H27N3. The highest BCUT2D eigenvalue weighted by atomic mass is 15.2. The van der Waals surface area contributed by atoms with Crippen molar-refractivity contribution in [1.29, 1.82) is 0 Å². The highest BCUT2D eigenvalue weighted by molar-refractivity contribution is 6.26. The predicted molar refractivity (Wildman–Crippen MR) is 196 cm³/mol. The Kier molecular flexibility index (Phi) is 4.19. The first-order chi connectivity index (χ1) is 25.9. The van der Waals surface area contributed by atoms with E-state index in [1.165, 1.54) is 38.8 Å². The number of rotatable bonds is 3. The van der Waals surface area contributed by atoms with E-state index in [-0.39, 0.29) is 23.3 Å². The van der Waals surface area contributed by atoms with Gasteiger partial charge in [-0.1, -0.05) is 145 Å². The van der Waals surface area contributed by atoms with Crippen LogP contribution in [-0.4, -0.2) is 14.5 Å². The molecule has 0 bridgehead atoms. The molecule has 222 valence electrons. The van der Waals surface area contributed by atoms with Crippen molar-refractivity contribution in [1.82, 2.24) is 14.5 Å². The van der Waals surface area contributed by atoms with E-state index in [0.29, 0.717) is 11.6 Å². The van der Waals surface area contributed by atoms with Gasteiger partial charge in [0, 0.05) is 21.9 Å². The molecule has 11 rings (SSSR count). The molecule has 1 spiro atoms. The second-order valence-corrected chi connectivity index (χ2v) is 12.5. The highest BCUT2D eigenvalue weighted by Gasteiger charge is 2.49. The van der Waals surface area contributed by atoms with Gasteiger partial charge in [-0.25, -0.2) is 9.97 Å². The molecule has 2 heterocycles. The van der Waals surface area contributed by atoms with Crippen LogP contribution in [0.5, 0.6) is 0 Å². The zero-order chi connectivity index (χ0) is 35.7. The van der Waals surface area contributed by atoms with Gasteiger partial charge in [-0.15, -0.1) is 0 Å². The van der Waals surface area contributed by atoms with Crippen LogP contribution in [0.25, 0.3) is 72.2 Å². The standard InChI is InChI=1S/C45H27N3/c1-3-13-28(14-4-1)37-27-38(29-15-5-2-6-16-29)47-44(46-37)48-39-24-12-23-36-42(39)43-40(48)26-25-30-17-11-22-35(41(30)43)45(36)33-20-9-7-18-31(33)32-19-8-10-21-34(32)45/h1-27H/i1D,3D,4D,13D,14D. The van der Waals surface area contributed by atoms with Crippen molar-refractivity contribution in [3.63, 3.8) is 0 Å². The summed E-state index contributed by atoms with van der Waals surface area (Å²) in [7, 11) is 0. The average Bonchev–Trinajstić information content (AvgIpc) is 3.70. The van der Waals surface area contributed by atoms with Crippen LogP contribution < -0.4 is 0 Å². The van der Waals surface area contributed by atoms with E-state index < -0.39 is 23.5 Å². The van der Waals surface area contributed by atoms with Crippen molar-refractivity contribution < 1.29 is 6.85 Å². The summed E-state index contributed by atoms with van der Waals surface area (Å²) in [6, 6.07) is 44.5. The monoisotopic (exact) mass is 614 g/mol. The van der Waals surface area contributed by atoms with Crippen LogP contribution in [0.2, 0.25) is 0 Å². The Morgan fingerprint density at radius 1 is 0.479 bits per heavy atom. The fourth-order valence-corrected chi connectivity index (χ4v) is 8.52. The number of fused-ring (bicyclic) bond motifs is 7. The molecule has 0 saturated carbocycles. The smallest absolute Gasteiger partial charge is 0.235 e. The fourth-order valence-electron chi connectivity index (χ4n) is 8.52. The Morgan fingerprint density at radius 3 is 1.83 bits per heavy atom. The quantitative estimate of drug-likeness (QED) is 0.198. The molecule has 2 aliphatic rings. The molecule has 2 aromatic heterocycles. The maximum Gasteiger partial charge on any atom is 0.235 e. The third-order valence-corrected chi connectivity index (χ3v) is 10.3. The Morgan fingerprint density at radius 2 is 1.08 bits per heavy atom. The Labute approximate surface area is 284 Å². The predicted octanol–water partition coefficient (Wildman–Crippen LogP) is 10.7. The maximum atomic E-state index is 8.85. The van der Waals surface area contributed by atoms with Crippen molar-refractivity contribution in [3.05, 3.63) is 186 Å². The van der Waals surface area contributed by atoms with Crippen LogP contribution in [0, 0.1) is 0 Å². The number of aromatic nitrogens is 3. The van der Waals surface area contributed by atoms with Gasteiger partial charge in [0.1, 0.15) is 0 Å². The van der Waals surface area contributed by atoms with Gasteiger partial charge in [0.05, 0.1) is 34.7 Å². The molecular weight excluding hydrogens is 583 g/mol. The van der Waals surface area contributed by atoms with Gasteiger partial charge in [0.15, 0.2) is 0 Å². The van der Waals surface area contributed by atoms with Gasteiger partial charge in [0.25, 0.3) is 0 Å². The molecule has 0 saturated heterocycles. The van der Waals surface area contributed by atoms with E-state index in [0.717, 1.165) is 32.8 Å². The Bertz CT molecular complexity index is 3000. The molecule has 48 heavy (non-hydrogen) atoms. The van der Waals surface area contributed by atoms with Crippen molar-refractivity contribution in [2.75, 3.05) is 0 Å². The largest absolute Gasteiger partial charge is 0.278 e. The van der Waals surface area contributed by atoms with Gasteiger partial charge in [0.2, 0.25) is 5.95 Å². The van der Waals surface area contributed by atoms with E-state index in [2.05, 4.69) is 102 Å². The number of hydrogen-bond acceptors (Lipinski definition) is 2. The molecule has 3 nitrogen and oxygen atoms in total. The van der Waals surface area contributed by atoms with E-state index in [1.807, 2.05) is 30.3 Å². The molecule has 9 aromatic rings. The molecule has 2 aliphatic carbocycles. The van der Waals surface area contributed by atoms with E-state index >= 15 is 0 Å². The molecule has 0 radical (unpaired) electrons. The molecule has 7 aromatic carbocycles. The van der Waals surface area contributed by atoms with Crippen LogP contribution in [0.3, 0.4) is 0 Å². The zero-order valence-corrected chi connectivity index (χ0v) is 25.5. The second kappa shape index (κ2) is 9.37. The van der Waals surface area contributed by atoms with Crippen LogP contribution in [0.1, 0.15) is 29.1 Å². The first kappa shape index (κ1) is 21.5. The number of benzene rings is 7. The van der Waals surface area contributed by atoms with Crippen molar-refractivity contribution >= 4 is 32.6 Å². The van der Waals surface area contributed by atoms with Gasteiger partial charge >= 0.3 is 0 Å². The second-order valence-electron chi connectivity index (χ2n) is 12.5. The zero-order valence-electron chi connectivity index (χ0n) is 30.5. The summed E-state index contributed by atoms with van der Waals surface area (Å²) in [5, 5.41) is 4.57. The molecule has 0 fully saturated rings. The molecule has 0 atom stereocenters. The summed E-state index contributed by atoms with van der Waals surface area (Å²) in [6.45, 7) is 0. The van der Waals surface area contributed by atoms with E-state index in [1.54, 1.807) is 6.07 Å². The minimum Gasteiger partial charge on any atom is -0.278 e. The van der Waals surface area contributed by atoms with Gasteiger partial charge in [-0.05, 0) is 62.4 Å². The summed E-state index contributed by atoms with van der Waals surface area (Å²) in [5.41, 5.74) is 10.4. The lowest BCUT2D eigenvalue weighted by atomic mass is 9.63. The molecule has 0 unspecified atom stereocenters. The lowest BCUT2D eigenvalue weighted by Gasteiger charge is -2.37. The SMILES string of the molecule is [2H]c1c([2H])c([2H])c(-c2cc(-c3ccccc3)nc(-n3c4cccc5c4c4c6c(cccc6ccc43)C53c4ccccc4-c4ccccc43)n2)c([2H])c1[2H]. The van der Waals surface area contributed by atoms with Crippen LogP contribution in [-0.2, 0) is 5.41 Å². The van der Waals surface area contributed by atoms with Gasteiger partial charge in [-0.3, -0.25) is 4.57 Å². The van der Waals surface area contributed by atoms with Crippen molar-refractivity contribution in [2.24, 2.45) is 0 Å². The molecule has 0 aliphatic heterocycles. The van der Waals surface area contributed by atoms with Gasteiger partial charge in [-0.2, -0.15) is 0 Å². The first-order valence-corrected chi connectivity index (χ1v) is 16.1. The molecule has 0 amide bonds. The minimum atomic E-state index is -0.565. The third-order valence-electron chi connectivity index (χ3n) is 10.3. The van der Waals surface area contributed by atoms with Crippen molar-refractivity contribution in [3.8, 4) is 39.6 Å². The van der Waals surface area contributed by atoms with E-state index in [4.69, 9.17) is 16.8 Å². The van der Waals surface area contributed by atoms with E-state index in [9.17, 15) is 0 Å². The van der Waals surface area contributed by atoms with Crippen LogP contribution in [0.15, 0.2) is 164 Å². The van der Waals surface area contributed by atoms with Crippen LogP contribution >= 0.6 is 0 Å². The fraction of sp³-hybridized carbons (Fsp3) is 0.0222. The van der Waals surface area contributed by atoms with Gasteiger partial charge < -0.3 is 0 Å². The first-order valence-electron chi connectivity index (χ1n) is 18.6. The lowest BCUT2D eigenvalue weighted by molar-refractivity contribution is 0.783. The minimum absolute atomic E-state index is 0.0356. The molecule has 3 heteroatoms. The highest BCUT2D eigenvalue weighted by Crippen LogP contribution is 2.61. The lowest BCUT2D eigenvalue weighted by Crippen LogP contribution is -2.30. The Hall–Kier alpha value is -6.32. The maximum absolute atomic E-state index is 8.85. The number of nitrogens with zero attached hydrogens (tertiary/aromatic N) is 3. The third kappa shape index (κ3) is 3.18. The summed E-state index contributed by atoms with van der Waals surface area (Å²) in [4.78, 5) is 10.3. The Balaban J connectivity index is 1.30. The molecule has 0 N–H and O–H groups in total. The summed E-state index contributed by atoms with van der Waals surface area (Å²) in [6.07, 6.45) is 0. The van der Waals surface area contributed by atoms with Crippen molar-refractivity contribution in [2.45, 2.75) is 5.41 Å². The summed E-state index contributed by atoms with van der Waals surface area (Å²) >= 11 is 0.